The maximum atomic E-state index is 11.1. The molecule has 0 bridgehead atoms. The van der Waals surface area contributed by atoms with Crippen molar-refractivity contribution in [2.24, 2.45) is 5.73 Å². The largest absolute Gasteiger partial charge is 0.493 e. The summed E-state index contributed by atoms with van der Waals surface area (Å²) < 4.78 is 11.4. The van der Waals surface area contributed by atoms with Crippen molar-refractivity contribution in [2.75, 3.05) is 19.7 Å². The van der Waals surface area contributed by atoms with Gasteiger partial charge in [-0.1, -0.05) is 12.1 Å². The Labute approximate surface area is 140 Å². The summed E-state index contributed by atoms with van der Waals surface area (Å²) in [7, 11) is 0. The van der Waals surface area contributed by atoms with Gasteiger partial charge in [-0.25, -0.2) is 0 Å². The highest BCUT2D eigenvalue weighted by atomic mass is 16.5. The van der Waals surface area contributed by atoms with Gasteiger partial charge in [-0.3, -0.25) is 14.7 Å². The monoisotopic (exact) mass is 325 g/mol. The van der Waals surface area contributed by atoms with Crippen molar-refractivity contribution in [1.82, 2.24) is 9.88 Å². The van der Waals surface area contributed by atoms with Crippen LogP contribution < -0.4 is 15.2 Å². The Morgan fingerprint density at radius 1 is 1.33 bits per heavy atom. The Balaban J connectivity index is 1.30. The maximum absolute atomic E-state index is 11.1. The lowest BCUT2D eigenvalue weighted by atomic mass is 10.1. The van der Waals surface area contributed by atoms with Crippen molar-refractivity contribution in [2.45, 2.75) is 19.1 Å². The highest BCUT2D eigenvalue weighted by Gasteiger charge is 2.28. The molecule has 0 spiro atoms. The van der Waals surface area contributed by atoms with Gasteiger partial charge in [0.1, 0.15) is 23.3 Å². The fourth-order valence-electron chi connectivity index (χ4n) is 3.13. The number of pyridine rings is 1. The van der Waals surface area contributed by atoms with Crippen LogP contribution in [0.15, 0.2) is 36.5 Å². The van der Waals surface area contributed by atoms with E-state index in [0.717, 1.165) is 38.4 Å². The van der Waals surface area contributed by atoms with Gasteiger partial charge in [-0.05, 0) is 23.3 Å². The molecule has 0 saturated carbocycles. The number of nitrogens with zero attached hydrogens (tertiary/aromatic N) is 2. The number of carbonyl (C=O) groups excluding carboxylic acids is 1. The van der Waals surface area contributed by atoms with Crippen LogP contribution >= 0.6 is 0 Å². The molecule has 0 unspecified atom stereocenters. The summed E-state index contributed by atoms with van der Waals surface area (Å²) in [6.45, 7) is 3.43. The number of benzene rings is 1. The zero-order valence-corrected chi connectivity index (χ0v) is 13.3. The van der Waals surface area contributed by atoms with Crippen LogP contribution in [0.2, 0.25) is 0 Å². The molecule has 4 rings (SSSR count). The van der Waals surface area contributed by atoms with Crippen molar-refractivity contribution in [1.29, 1.82) is 0 Å². The highest BCUT2D eigenvalue weighted by Crippen LogP contribution is 2.27. The Bertz CT molecular complexity index is 772. The molecule has 2 aliphatic heterocycles. The Morgan fingerprint density at radius 2 is 2.21 bits per heavy atom. The van der Waals surface area contributed by atoms with Crippen LogP contribution in [0.1, 0.15) is 21.6 Å². The van der Waals surface area contributed by atoms with Gasteiger partial charge in [-0.2, -0.15) is 0 Å². The van der Waals surface area contributed by atoms with Crippen molar-refractivity contribution in [3.8, 4) is 11.5 Å². The topological polar surface area (TPSA) is 77.7 Å². The molecule has 1 aromatic carbocycles. The second kappa shape index (κ2) is 6.13. The third-order valence-electron chi connectivity index (χ3n) is 4.37. The average Bonchev–Trinajstić information content (AvgIpc) is 3.00. The van der Waals surface area contributed by atoms with Gasteiger partial charge in [0.25, 0.3) is 5.91 Å². The molecule has 2 aromatic rings. The van der Waals surface area contributed by atoms with Gasteiger partial charge in [-0.15, -0.1) is 0 Å². The molecule has 6 nitrogen and oxygen atoms in total. The molecule has 24 heavy (non-hydrogen) atoms. The standard InChI is InChI=1S/C18H19N3O3/c19-18(22)16-8-14(3-5-20-16)24-15-10-21(11-15)9-12-1-2-17-13(7-12)4-6-23-17/h1-3,5,7-8,15H,4,6,9-11H2,(H2,19,22). The van der Waals surface area contributed by atoms with Crippen molar-refractivity contribution < 1.29 is 14.3 Å². The molecule has 3 heterocycles. The fraction of sp³-hybridized carbons (Fsp3) is 0.333. The maximum Gasteiger partial charge on any atom is 0.267 e. The molecule has 0 atom stereocenters. The lowest BCUT2D eigenvalue weighted by molar-refractivity contribution is 0.0144. The smallest absolute Gasteiger partial charge is 0.267 e. The summed E-state index contributed by atoms with van der Waals surface area (Å²) in [5.74, 6) is 1.11. The number of nitrogens with two attached hydrogens (primary N) is 1. The molecule has 124 valence electrons. The number of primary amides is 1. The Morgan fingerprint density at radius 3 is 3.04 bits per heavy atom. The van der Waals surface area contributed by atoms with E-state index in [1.165, 1.54) is 11.1 Å². The number of likely N-dealkylation sites (tertiary alicyclic amines) is 1. The summed E-state index contributed by atoms with van der Waals surface area (Å²) in [6.07, 6.45) is 2.67. The van der Waals surface area contributed by atoms with Crippen LogP contribution in [0.25, 0.3) is 0 Å². The average molecular weight is 325 g/mol. The third-order valence-corrected chi connectivity index (χ3v) is 4.37. The molecule has 0 aliphatic carbocycles. The van der Waals surface area contributed by atoms with Crippen LogP contribution in [-0.4, -0.2) is 41.6 Å². The molecule has 1 fully saturated rings. The van der Waals surface area contributed by atoms with E-state index in [1.54, 1.807) is 18.3 Å². The number of rotatable bonds is 5. The molecule has 0 radical (unpaired) electrons. The molecule has 1 amide bonds. The van der Waals surface area contributed by atoms with E-state index in [1.807, 2.05) is 0 Å². The molecule has 1 aromatic heterocycles. The summed E-state index contributed by atoms with van der Waals surface area (Å²) in [6, 6.07) is 9.76. The first-order chi connectivity index (χ1) is 11.7. The lowest BCUT2D eigenvalue weighted by Crippen LogP contribution is -2.53. The van der Waals surface area contributed by atoms with Crippen molar-refractivity contribution >= 4 is 5.91 Å². The van der Waals surface area contributed by atoms with E-state index in [0.29, 0.717) is 5.75 Å². The first-order valence-electron chi connectivity index (χ1n) is 8.07. The summed E-state index contributed by atoms with van der Waals surface area (Å²) in [5, 5.41) is 0. The molecular formula is C18H19N3O3. The second-order valence-corrected chi connectivity index (χ2v) is 6.22. The minimum Gasteiger partial charge on any atom is -0.493 e. The lowest BCUT2D eigenvalue weighted by Gasteiger charge is -2.39. The minimum atomic E-state index is -0.545. The van der Waals surface area contributed by atoms with Gasteiger partial charge in [0.15, 0.2) is 0 Å². The molecule has 2 N–H and O–H groups in total. The molecule has 6 heteroatoms. The molecule has 1 saturated heterocycles. The Hall–Kier alpha value is -2.60. The van der Waals surface area contributed by atoms with Crippen LogP contribution in [0.5, 0.6) is 11.5 Å². The van der Waals surface area contributed by atoms with E-state index in [4.69, 9.17) is 15.2 Å². The zero-order chi connectivity index (χ0) is 16.5. The molecular weight excluding hydrogens is 306 g/mol. The number of carbonyl (C=O) groups is 1. The van der Waals surface area contributed by atoms with E-state index in [2.05, 4.69) is 28.1 Å². The normalized spacial score (nSPS) is 17.0. The SMILES string of the molecule is NC(=O)c1cc(OC2CN(Cc3ccc4c(c3)CCO4)C2)ccn1. The third kappa shape index (κ3) is 3.05. The van der Waals surface area contributed by atoms with Crippen LogP contribution in [0, 0.1) is 0 Å². The molecule has 2 aliphatic rings. The van der Waals surface area contributed by atoms with E-state index in [-0.39, 0.29) is 11.8 Å². The predicted octanol–water partition coefficient (Wildman–Crippen LogP) is 1.38. The summed E-state index contributed by atoms with van der Waals surface area (Å²) in [4.78, 5) is 17.4. The van der Waals surface area contributed by atoms with E-state index in [9.17, 15) is 4.79 Å². The summed E-state index contributed by atoms with van der Waals surface area (Å²) >= 11 is 0. The number of fused-ring (bicyclic) bond motifs is 1. The van der Waals surface area contributed by atoms with Crippen LogP contribution in [-0.2, 0) is 13.0 Å². The first kappa shape index (κ1) is 15.0. The zero-order valence-electron chi connectivity index (χ0n) is 13.3. The van der Waals surface area contributed by atoms with E-state index >= 15 is 0 Å². The van der Waals surface area contributed by atoms with E-state index < -0.39 is 5.91 Å². The van der Waals surface area contributed by atoms with Crippen molar-refractivity contribution in [3.63, 3.8) is 0 Å². The minimum absolute atomic E-state index is 0.130. The van der Waals surface area contributed by atoms with Crippen LogP contribution in [0.3, 0.4) is 0 Å². The number of ether oxygens (including phenoxy) is 2. The van der Waals surface area contributed by atoms with Gasteiger partial charge in [0, 0.05) is 38.3 Å². The number of aromatic nitrogens is 1. The van der Waals surface area contributed by atoms with Crippen molar-refractivity contribution in [3.05, 3.63) is 53.3 Å². The number of hydrogen-bond acceptors (Lipinski definition) is 5. The second-order valence-electron chi connectivity index (χ2n) is 6.22. The first-order valence-corrected chi connectivity index (χ1v) is 8.07. The quantitative estimate of drug-likeness (QED) is 0.898. The summed E-state index contributed by atoms with van der Waals surface area (Å²) in [5.41, 5.74) is 8.06. The van der Waals surface area contributed by atoms with Gasteiger partial charge >= 0.3 is 0 Å². The van der Waals surface area contributed by atoms with Gasteiger partial charge in [0.2, 0.25) is 0 Å². The van der Waals surface area contributed by atoms with Crippen LogP contribution in [0.4, 0.5) is 0 Å². The van der Waals surface area contributed by atoms with Gasteiger partial charge in [0.05, 0.1) is 6.61 Å². The van der Waals surface area contributed by atoms with Gasteiger partial charge < -0.3 is 15.2 Å². The number of amides is 1. The predicted molar refractivity (Wildman–Crippen MR) is 88.1 cm³/mol. The highest BCUT2D eigenvalue weighted by molar-refractivity contribution is 5.91. The Kier molecular flexibility index (Phi) is 3.82. The number of hydrogen-bond donors (Lipinski definition) is 1. The fourth-order valence-corrected chi connectivity index (χ4v) is 3.13.